The number of nitrogens with zero attached hydrogens (tertiary/aromatic N) is 3. The molecule has 0 amide bonds. The van der Waals surface area contributed by atoms with Gasteiger partial charge in [-0.3, -0.25) is 0 Å². The highest BCUT2D eigenvalue weighted by Gasteiger charge is 2.32. The first-order chi connectivity index (χ1) is 11.7. The normalized spacial score (nSPS) is 10.8. The van der Waals surface area contributed by atoms with Crippen LogP contribution in [-0.4, -0.2) is 15.5 Å². The molecule has 0 atom stereocenters. The van der Waals surface area contributed by atoms with Crippen molar-refractivity contribution < 1.29 is 13.2 Å². The molecule has 1 aromatic heterocycles. The number of rotatable bonds is 3. The number of hydrogen-bond acceptors (Lipinski definition) is 4. The van der Waals surface area contributed by atoms with E-state index in [1.54, 1.807) is 0 Å². The van der Waals surface area contributed by atoms with Gasteiger partial charge in [-0.1, -0.05) is 44.0 Å². The molecule has 2 rings (SSSR count). The van der Waals surface area contributed by atoms with Gasteiger partial charge in [0.1, 0.15) is 17.6 Å². The van der Waals surface area contributed by atoms with Gasteiger partial charge in [-0.2, -0.15) is 23.5 Å². The van der Waals surface area contributed by atoms with E-state index in [4.69, 9.17) is 34.2 Å². The van der Waals surface area contributed by atoms with Crippen molar-refractivity contribution in [2.75, 3.05) is 11.5 Å². The molecule has 0 saturated heterocycles. The molecule has 0 spiro atoms. The zero-order valence-electron chi connectivity index (χ0n) is 13.6. The van der Waals surface area contributed by atoms with Crippen LogP contribution < -0.4 is 5.73 Å². The van der Waals surface area contributed by atoms with Crippen LogP contribution in [-0.2, 0) is 6.18 Å². The van der Waals surface area contributed by atoms with Crippen molar-refractivity contribution in [3.05, 3.63) is 33.4 Å². The second-order valence-electron chi connectivity index (χ2n) is 4.31. The summed E-state index contributed by atoms with van der Waals surface area (Å²) in [6.07, 6.45) is -4.58. The smallest absolute Gasteiger partial charge is 0.383 e. The van der Waals surface area contributed by atoms with E-state index < -0.39 is 11.7 Å². The summed E-state index contributed by atoms with van der Waals surface area (Å²) in [5.74, 6) is 0.732. The predicted molar refractivity (Wildman–Crippen MR) is 95.5 cm³/mol. The number of anilines is 1. The van der Waals surface area contributed by atoms with Crippen molar-refractivity contribution in [1.29, 1.82) is 5.26 Å². The number of hydrogen-bond donors (Lipinski definition) is 1. The Balaban J connectivity index is 0.00000151. The van der Waals surface area contributed by atoms with Gasteiger partial charge < -0.3 is 5.73 Å². The molecular weight excluding hydrogens is 396 g/mol. The molecule has 0 radical (unpaired) electrons. The number of aromatic nitrogens is 2. The van der Waals surface area contributed by atoms with Crippen molar-refractivity contribution in [3.8, 4) is 11.8 Å². The van der Waals surface area contributed by atoms with Crippen molar-refractivity contribution in [3.63, 3.8) is 0 Å². The quantitative estimate of drug-likeness (QED) is 0.650. The van der Waals surface area contributed by atoms with Gasteiger partial charge in [-0.15, -0.1) is 11.8 Å². The highest BCUT2D eigenvalue weighted by molar-refractivity contribution is 7.99. The number of halogens is 5. The zero-order chi connectivity index (χ0) is 19.4. The van der Waals surface area contributed by atoms with Crippen LogP contribution in [0.3, 0.4) is 0 Å². The van der Waals surface area contributed by atoms with Crippen molar-refractivity contribution >= 4 is 40.8 Å². The van der Waals surface area contributed by atoms with Gasteiger partial charge in [-0.25, -0.2) is 4.68 Å². The van der Waals surface area contributed by atoms with Crippen molar-refractivity contribution in [1.82, 2.24) is 9.78 Å². The Morgan fingerprint density at radius 1 is 1.28 bits per heavy atom. The first-order valence-electron chi connectivity index (χ1n) is 7.18. The lowest BCUT2D eigenvalue weighted by atomic mass is 10.2. The van der Waals surface area contributed by atoms with Crippen molar-refractivity contribution in [2.45, 2.75) is 31.8 Å². The Labute approximate surface area is 157 Å². The van der Waals surface area contributed by atoms with Crippen LogP contribution in [0.25, 0.3) is 5.69 Å². The molecule has 2 aromatic rings. The highest BCUT2D eigenvalue weighted by atomic mass is 35.5. The number of nitriles is 1. The average Bonchev–Trinajstić information content (AvgIpc) is 2.85. The third-order valence-corrected chi connectivity index (χ3v) is 4.38. The summed E-state index contributed by atoms with van der Waals surface area (Å²) in [7, 11) is 0. The predicted octanol–water partition coefficient (Wildman–Crippen LogP) is 5.79. The minimum atomic E-state index is -4.58. The molecule has 0 unspecified atom stereocenters. The Kier molecular flexibility index (Phi) is 7.47. The largest absolute Gasteiger partial charge is 0.416 e. The van der Waals surface area contributed by atoms with Gasteiger partial charge in [0.2, 0.25) is 0 Å². The van der Waals surface area contributed by atoms with E-state index in [0.717, 1.165) is 16.8 Å². The number of benzene rings is 1. The SMILES string of the molecule is CC.CCSc1c(C#N)nn(-c2c(Cl)cc(C(F)(F)F)cc2Cl)c1N. The molecule has 10 heteroatoms. The maximum atomic E-state index is 12.8. The summed E-state index contributed by atoms with van der Waals surface area (Å²) in [4.78, 5) is 0.432. The fourth-order valence-corrected chi connectivity index (χ4v) is 3.27. The number of nitrogens with two attached hydrogens (primary N) is 1. The summed E-state index contributed by atoms with van der Waals surface area (Å²) in [5, 5.41) is 12.6. The molecule has 1 aromatic carbocycles. The Morgan fingerprint density at radius 2 is 1.80 bits per heavy atom. The van der Waals surface area contributed by atoms with E-state index in [9.17, 15) is 13.2 Å². The molecule has 0 bridgehead atoms. The van der Waals surface area contributed by atoms with Gasteiger partial charge in [0, 0.05) is 0 Å². The summed E-state index contributed by atoms with van der Waals surface area (Å²) >= 11 is 13.2. The zero-order valence-corrected chi connectivity index (χ0v) is 15.9. The highest BCUT2D eigenvalue weighted by Crippen LogP contribution is 2.39. The van der Waals surface area contributed by atoms with E-state index in [2.05, 4.69) is 5.10 Å². The Hall–Kier alpha value is -1.56. The number of alkyl halides is 3. The second kappa shape index (κ2) is 8.70. The number of nitrogen functional groups attached to an aromatic ring is 1. The average molecular weight is 411 g/mol. The molecule has 136 valence electrons. The fraction of sp³-hybridized carbons (Fsp3) is 0.333. The van der Waals surface area contributed by atoms with E-state index in [1.165, 1.54) is 11.8 Å². The first-order valence-corrected chi connectivity index (χ1v) is 8.92. The Bertz CT molecular complexity index is 774. The van der Waals surface area contributed by atoms with Crippen LogP contribution in [0.1, 0.15) is 32.0 Å². The summed E-state index contributed by atoms with van der Waals surface area (Å²) < 4.78 is 39.4. The topological polar surface area (TPSA) is 67.6 Å². The van der Waals surface area contributed by atoms with Crippen LogP contribution in [0, 0.1) is 11.3 Å². The fourth-order valence-electron chi connectivity index (χ4n) is 1.88. The molecule has 1 heterocycles. The third kappa shape index (κ3) is 4.54. The van der Waals surface area contributed by atoms with E-state index >= 15 is 0 Å². The Morgan fingerprint density at radius 3 is 2.20 bits per heavy atom. The molecule has 25 heavy (non-hydrogen) atoms. The first kappa shape index (κ1) is 21.5. The monoisotopic (exact) mass is 410 g/mol. The molecular formula is C15H15Cl2F3N4S. The molecule has 0 aliphatic rings. The molecule has 2 N–H and O–H groups in total. The van der Waals surface area contributed by atoms with Crippen LogP contribution in [0.15, 0.2) is 17.0 Å². The minimum absolute atomic E-state index is 0.00159. The van der Waals surface area contributed by atoms with Crippen molar-refractivity contribution in [2.24, 2.45) is 0 Å². The standard InChI is InChI=1S/C13H9Cl2F3N4S.C2H6/c1-2-23-11-9(5-19)21-22(12(11)20)10-7(14)3-6(4-8(10)15)13(16,17)18;1-2/h3-4H,2,20H2,1H3;1-2H3. The van der Waals surface area contributed by atoms with E-state index in [1.807, 2.05) is 26.8 Å². The molecule has 0 saturated carbocycles. The summed E-state index contributed by atoms with van der Waals surface area (Å²) in [6.45, 7) is 5.86. The van der Waals surface area contributed by atoms with Crippen LogP contribution in [0.4, 0.5) is 19.0 Å². The molecule has 0 aliphatic carbocycles. The van der Waals surface area contributed by atoms with Gasteiger partial charge in [0.25, 0.3) is 0 Å². The van der Waals surface area contributed by atoms with Gasteiger partial charge in [-0.05, 0) is 17.9 Å². The maximum Gasteiger partial charge on any atom is 0.416 e. The minimum Gasteiger partial charge on any atom is -0.383 e. The van der Waals surface area contributed by atoms with Gasteiger partial charge in [0.15, 0.2) is 5.69 Å². The summed E-state index contributed by atoms with van der Waals surface area (Å²) in [6, 6.07) is 3.36. The lowest BCUT2D eigenvalue weighted by Crippen LogP contribution is -2.08. The van der Waals surface area contributed by atoms with Gasteiger partial charge in [0.05, 0.1) is 20.5 Å². The second-order valence-corrected chi connectivity index (χ2v) is 6.39. The third-order valence-electron chi connectivity index (χ3n) is 2.83. The van der Waals surface area contributed by atoms with Crippen LogP contribution in [0.2, 0.25) is 10.0 Å². The molecule has 0 aliphatic heterocycles. The van der Waals surface area contributed by atoms with Gasteiger partial charge >= 0.3 is 6.18 Å². The lowest BCUT2D eigenvalue weighted by molar-refractivity contribution is -0.137. The molecule has 0 fully saturated rings. The lowest BCUT2D eigenvalue weighted by Gasteiger charge is -2.13. The molecule has 4 nitrogen and oxygen atoms in total. The van der Waals surface area contributed by atoms with E-state index in [0.29, 0.717) is 10.6 Å². The summed E-state index contributed by atoms with van der Waals surface area (Å²) in [5.41, 5.74) is 5.02. The maximum absolute atomic E-state index is 12.8. The van der Waals surface area contributed by atoms with E-state index in [-0.39, 0.29) is 27.2 Å². The van der Waals surface area contributed by atoms with Crippen LogP contribution >= 0.6 is 35.0 Å². The van der Waals surface area contributed by atoms with Crippen LogP contribution in [0.5, 0.6) is 0 Å². The number of thioether (sulfide) groups is 1.